The summed E-state index contributed by atoms with van der Waals surface area (Å²) in [4.78, 5) is 25.6. The number of carbonyl (C=O) groups is 2. The Balaban J connectivity index is 4.31. The molecule has 6 heteroatoms. The van der Waals surface area contributed by atoms with Gasteiger partial charge in [0, 0.05) is 6.54 Å². The molecule has 0 saturated carbocycles. The highest BCUT2D eigenvalue weighted by Crippen LogP contribution is 2.19. The summed E-state index contributed by atoms with van der Waals surface area (Å²) >= 11 is 0. The molecule has 0 aliphatic carbocycles. The molecule has 1 atom stereocenters. The van der Waals surface area contributed by atoms with Crippen molar-refractivity contribution >= 4 is 12.1 Å². The molecule has 0 spiro atoms. The van der Waals surface area contributed by atoms with Gasteiger partial charge in [-0.15, -0.1) is 0 Å². The summed E-state index contributed by atoms with van der Waals surface area (Å²) in [7, 11) is 4.03. The number of nitrogens with zero attached hydrogens (tertiary/aromatic N) is 1. The number of rotatable bonds is 31. The van der Waals surface area contributed by atoms with Gasteiger partial charge in [0.2, 0.25) is 0 Å². The summed E-state index contributed by atoms with van der Waals surface area (Å²) in [6, 6.07) is 0. The van der Waals surface area contributed by atoms with Crippen LogP contribution in [0.4, 0.5) is 4.79 Å². The first-order chi connectivity index (χ1) is 20.4. The Kier molecular flexibility index (Phi) is 29.7. The largest absolute Gasteiger partial charge is 0.508 e. The Labute approximate surface area is 260 Å². The van der Waals surface area contributed by atoms with E-state index in [9.17, 15) is 14.7 Å². The second-order valence-electron chi connectivity index (χ2n) is 12.6. The van der Waals surface area contributed by atoms with Gasteiger partial charge in [-0.2, -0.15) is 0 Å². The first-order valence-corrected chi connectivity index (χ1v) is 17.8. The van der Waals surface area contributed by atoms with Gasteiger partial charge < -0.3 is 19.5 Å². The van der Waals surface area contributed by atoms with E-state index in [1.807, 2.05) is 14.1 Å². The third-order valence-corrected chi connectivity index (χ3v) is 8.01. The minimum Gasteiger partial charge on any atom is -0.481 e. The monoisotopic (exact) mass is 596 g/mol. The minimum atomic E-state index is -0.714. The molecule has 0 aromatic carbocycles. The van der Waals surface area contributed by atoms with Gasteiger partial charge in [0.15, 0.2) is 0 Å². The van der Waals surface area contributed by atoms with E-state index < -0.39 is 12.1 Å². The van der Waals surface area contributed by atoms with Crippen molar-refractivity contribution in [3.63, 3.8) is 0 Å². The SMILES string of the molecule is CCCCCCCCCCC(CCCCCCC/C=C(\CCCCCCCC)CC(=O)O)OC(=O)OCCCN(C)C. The van der Waals surface area contributed by atoms with Crippen molar-refractivity contribution in [3.05, 3.63) is 11.6 Å². The molecule has 1 unspecified atom stereocenters. The van der Waals surface area contributed by atoms with Gasteiger partial charge in [0.1, 0.15) is 6.10 Å². The second kappa shape index (κ2) is 30.9. The molecule has 0 fully saturated rings. The summed E-state index contributed by atoms with van der Waals surface area (Å²) in [5, 5.41) is 9.27. The molecule has 0 aliphatic rings. The van der Waals surface area contributed by atoms with Crippen molar-refractivity contribution in [2.24, 2.45) is 0 Å². The van der Waals surface area contributed by atoms with E-state index in [4.69, 9.17) is 9.47 Å². The Bertz CT molecular complexity index is 649. The molecule has 42 heavy (non-hydrogen) atoms. The topological polar surface area (TPSA) is 76.1 Å². The minimum absolute atomic E-state index is 0.0464. The molecule has 0 radical (unpaired) electrons. The summed E-state index contributed by atoms with van der Waals surface area (Å²) < 4.78 is 11.1. The highest BCUT2D eigenvalue weighted by Gasteiger charge is 2.15. The molecule has 248 valence electrons. The van der Waals surface area contributed by atoms with Gasteiger partial charge in [-0.1, -0.05) is 122 Å². The van der Waals surface area contributed by atoms with Crippen molar-refractivity contribution in [2.45, 2.75) is 180 Å². The van der Waals surface area contributed by atoms with Crippen LogP contribution in [0.2, 0.25) is 0 Å². The van der Waals surface area contributed by atoms with Gasteiger partial charge in [0.05, 0.1) is 13.0 Å². The van der Waals surface area contributed by atoms with Gasteiger partial charge in [0.25, 0.3) is 0 Å². The molecule has 6 nitrogen and oxygen atoms in total. The lowest BCUT2D eigenvalue weighted by molar-refractivity contribution is -0.136. The zero-order chi connectivity index (χ0) is 31.1. The lowest BCUT2D eigenvalue weighted by atomic mass is 10.00. The van der Waals surface area contributed by atoms with Gasteiger partial charge in [-0.25, -0.2) is 4.79 Å². The maximum atomic E-state index is 12.3. The van der Waals surface area contributed by atoms with Gasteiger partial charge in [-0.05, 0) is 71.9 Å². The van der Waals surface area contributed by atoms with E-state index >= 15 is 0 Å². The van der Waals surface area contributed by atoms with Crippen LogP contribution in [-0.4, -0.2) is 55.5 Å². The number of hydrogen-bond donors (Lipinski definition) is 1. The third kappa shape index (κ3) is 29.9. The van der Waals surface area contributed by atoms with Crippen LogP contribution in [0.25, 0.3) is 0 Å². The fourth-order valence-corrected chi connectivity index (χ4v) is 5.42. The lowest BCUT2D eigenvalue weighted by Gasteiger charge is -2.18. The number of aliphatic carboxylic acids is 1. The van der Waals surface area contributed by atoms with Crippen LogP contribution < -0.4 is 0 Å². The molecule has 0 aromatic heterocycles. The average molecular weight is 596 g/mol. The quantitative estimate of drug-likeness (QED) is 0.0488. The fraction of sp³-hybridized carbons (Fsp3) is 0.889. The third-order valence-electron chi connectivity index (χ3n) is 8.01. The van der Waals surface area contributed by atoms with Crippen LogP contribution in [0.1, 0.15) is 174 Å². The second-order valence-corrected chi connectivity index (χ2v) is 12.6. The van der Waals surface area contributed by atoms with Crippen LogP contribution in [0.3, 0.4) is 0 Å². The number of hydrogen-bond acceptors (Lipinski definition) is 5. The fourth-order valence-electron chi connectivity index (χ4n) is 5.42. The zero-order valence-electron chi connectivity index (χ0n) is 28.3. The lowest BCUT2D eigenvalue weighted by Crippen LogP contribution is -2.21. The molecule has 0 aliphatic heterocycles. The highest BCUT2D eigenvalue weighted by molar-refractivity contribution is 5.69. The van der Waals surface area contributed by atoms with Crippen LogP contribution in [0.15, 0.2) is 11.6 Å². The molecule has 0 bridgehead atoms. The van der Waals surface area contributed by atoms with E-state index in [-0.39, 0.29) is 12.5 Å². The molecule has 0 saturated heterocycles. The van der Waals surface area contributed by atoms with E-state index in [0.717, 1.165) is 82.7 Å². The maximum Gasteiger partial charge on any atom is 0.508 e. The van der Waals surface area contributed by atoms with Crippen molar-refractivity contribution in [2.75, 3.05) is 27.2 Å². The van der Waals surface area contributed by atoms with E-state index in [1.165, 1.54) is 83.5 Å². The number of carbonyl (C=O) groups excluding carboxylic acids is 1. The number of unbranched alkanes of at least 4 members (excludes halogenated alkanes) is 17. The normalized spacial score (nSPS) is 12.5. The highest BCUT2D eigenvalue weighted by atomic mass is 16.7. The van der Waals surface area contributed by atoms with Crippen LogP contribution >= 0.6 is 0 Å². The molecule has 0 heterocycles. The van der Waals surface area contributed by atoms with Gasteiger partial charge >= 0.3 is 12.1 Å². The first-order valence-electron chi connectivity index (χ1n) is 17.8. The Morgan fingerprint density at radius 1 is 0.690 bits per heavy atom. The summed E-state index contributed by atoms with van der Waals surface area (Å²) in [5.74, 6) is -0.714. The predicted octanol–water partition coefficient (Wildman–Crippen LogP) is 10.9. The van der Waals surface area contributed by atoms with Crippen molar-refractivity contribution in [1.29, 1.82) is 0 Å². The predicted molar refractivity (Wildman–Crippen MR) is 177 cm³/mol. The van der Waals surface area contributed by atoms with Crippen molar-refractivity contribution in [3.8, 4) is 0 Å². The van der Waals surface area contributed by atoms with E-state index in [2.05, 4.69) is 24.8 Å². The summed E-state index contributed by atoms with van der Waals surface area (Å²) in [5.41, 5.74) is 1.10. The molecular weight excluding hydrogens is 526 g/mol. The van der Waals surface area contributed by atoms with Crippen LogP contribution in [-0.2, 0) is 14.3 Å². The number of carboxylic acids is 1. The zero-order valence-corrected chi connectivity index (χ0v) is 28.3. The first kappa shape index (κ1) is 40.4. The standard InChI is InChI=1S/C36H69NO5/c1-5-7-9-11-13-14-19-23-28-34(42-36(40)41-31-25-30-37(3)4)29-24-20-16-15-18-22-27-33(32-35(38)39)26-21-17-12-10-8-6-2/h27,34H,5-26,28-32H2,1-4H3,(H,38,39)/b33-27+. The molecular formula is C36H69NO5. The molecule has 0 aromatic rings. The number of allylic oxidation sites excluding steroid dienone is 1. The molecule has 0 amide bonds. The van der Waals surface area contributed by atoms with Crippen molar-refractivity contribution < 1.29 is 24.2 Å². The van der Waals surface area contributed by atoms with Crippen LogP contribution in [0.5, 0.6) is 0 Å². The summed E-state index contributed by atoms with van der Waals surface area (Å²) in [6.45, 7) is 5.78. The Morgan fingerprint density at radius 2 is 1.19 bits per heavy atom. The van der Waals surface area contributed by atoms with Gasteiger partial charge in [-0.3, -0.25) is 4.79 Å². The average Bonchev–Trinajstić information content (AvgIpc) is 2.95. The summed E-state index contributed by atoms with van der Waals surface area (Å²) in [6.07, 6.45) is 29.6. The Morgan fingerprint density at radius 3 is 1.71 bits per heavy atom. The molecule has 0 rings (SSSR count). The Hall–Kier alpha value is -1.56. The number of ether oxygens (including phenoxy) is 2. The van der Waals surface area contributed by atoms with E-state index in [1.54, 1.807) is 0 Å². The number of carboxylic acid groups (broad SMARTS) is 1. The maximum absolute atomic E-state index is 12.3. The van der Waals surface area contributed by atoms with E-state index in [0.29, 0.717) is 6.61 Å². The van der Waals surface area contributed by atoms with Crippen molar-refractivity contribution in [1.82, 2.24) is 4.90 Å². The molecule has 1 N–H and O–H groups in total. The van der Waals surface area contributed by atoms with Crippen LogP contribution in [0, 0.1) is 0 Å². The smallest absolute Gasteiger partial charge is 0.481 e.